The van der Waals surface area contributed by atoms with E-state index < -0.39 is 23.4 Å². The molecule has 1 aromatic rings. The van der Waals surface area contributed by atoms with Crippen LogP contribution in [-0.2, 0) is 15.1 Å². The zero-order valence-electron chi connectivity index (χ0n) is 10.8. The van der Waals surface area contributed by atoms with Crippen LogP contribution in [0.2, 0.25) is 0 Å². The third-order valence-electron chi connectivity index (χ3n) is 3.25. The molecule has 106 valence electrons. The number of urea groups is 1. The second-order valence-electron chi connectivity index (χ2n) is 4.44. The molecule has 0 radical (unpaired) electrons. The average molecular weight is 278 g/mol. The van der Waals surface area contributed by atoms with Gasteiger partial charge in [-0.25, -0.2) is 9.59 Å². The van der Waals surface area contributed by atoms with E-state index in [0.29, 0.717) is 5.56 Å². The Morgan fingerprint density at radius 1 is 1.30 bits per heavy atom. The first-order valence-electron chi connectivity index (χ1n) is 5.96. The maximum atomic E-state index is 12.1. The molecule has 7 nitrogen and oxygen atoms in total. The van der Waals surface area contributed by atoms with E-state index in [-0.39, 0.29) is 18.6 Å². The molecule has 1 atom stereocenters. The van der Waals surface area contributed by atoms with Gasteiger partial charge >= 0.3 is 12.0 Å². The monoisotopic (exact) mass is 278 g/mol. The van der Waals surface area contributed by atoms with Crippen LogP contribution in [0.25, 0.3) is 0 Å². The zero-order chi connectivity index (χ0) is 14.8. The summed E-state index contributed by atoms with van der Waals surface area (Å²) in [7, 11) is 1.50. The van der Waals surface area contributed by atoms with Crippen LogP contribution in [0.3, 0.4) is 0 Å². The molecule has 1 aliphatic rings. The largest absolute Gasteiger partial charge is 0.478 e. The highest BCUT2D eigenvalue weighted by Gasteiger charge is 2.47. The number of carbonyl (C=O) groups excluding carboxylic acids is 2. The highest BCUT2D eigenvalue weighted by molar-refractivity contribution is 6.07. The Kier molecular flexibility index (Phi) is 3.71. The Morgan fingerprint density at radius 2 is 1.95 bits per heavy atom. The number of carboxylic acid groups (broad SMARTS) is 1. The Balaban J connectivity index is 2.38. The van der Waals surface area contributed by atoms with E-state index in [1.54, 1.807) is 0 Å². The lowest BCUT2D eigenvalue weighted by atomic mass is 9.86. The number of amides is 3. The first kappa shape index (κ1) is 14.0. The molecule has 1 heterocycles. The van der Waals surface area contributed by atoms with Crippen molar-refractivity contribution in [2.24, 2.45) is 0 Å². The second-order valence-corrected chi connectivity index (χ2v) is 4.44. The van der Waals surface area contributed by atoms with E-state index in [1.165, 1.54) is 31.4 Å². The molecule has 20 heavy (non-hydrogen) atoms. The van der Waals surface area contributed by atoms with E-state index in [2.05, 4.69) is 10.6 Å². The fraction of sp³-hybridized carbons (Fsp3) is 0.308. The third kappa shape index (κ3) is 2.35. The van der Waals surface area contributed by atoms with Gasteiger partial charge in [0.05, 0.1) is 5.56 Å². The maximum absolute atomic E-state index is 12.1. The molecule has 1 aliphatic heterocycles. The number of rotatable bonds is 5. The van der Waals surface area contributed by atoms with Gasteiger partial charge in [-0.05, 0) is 17.7 Å². The molecule has 2 rings (SSSR count). The van der Waals surface area contributed by atoms with Gasteiger partial charge in [-0.3, -0.25) is 10.1 Å². The van der Waals surface area contributed by atoms with Crippen molar-refractivity contribution >= 4 is 17.9 Å². The summed E-state index contributed by atoms with van der Waals surface area (Å²) in [5, 5.41) is 13.7. The molecule has 0 aromatic heterocycles. The van der Waals surface area contributed by atoms with E-state index in [0.717, 1.165) is 0 Å². The molecular weight excluding hydrogens is 264 g/mol. The predicted octanol–water partition coefficient (Wildman–Crippen LogP) is 0.456. The van der Waals surface area contributed by atoms with Gasteiger partial charge in [0.1, 0.15) is 5.54 Å². The summed E-state index contributed by atoms with van der Waals surface area (Å²) in [6.45, 7) is 0.272. The molecular formula is C13H14N2O5. The lowest BCUT2D eigenvalue weighted by Gasteiger charge is -2.26. The van der Waals surface area contributed by atoms with Crippen LogP contribution in [0.4, 0.5) is 4.79 Å². The van der Waals surface area contributed by atoms with Crippen molar-refractivity contribution in [1.82, 2.24) is 10.6 Å². The van der Waals surface area contributed by atoms with E-state index in [9.17, 15) is 14.4 Å². The molecule has 0 spiro atoms. The van der Waals surface area contributed by atoms with Crippen LogP contribution in [0.5, 0.6) is 0 Å². The highest BCUT2D eigenvalue weighted by atomic mass is 16.5. The number of carboxylic acids is 1. The van der Waals surface area contributed by atoms with Crippen LogP contribution >= 0.6 is 0 Å². The van der Waals surface area contributed by atoms with Crippen molar-refractivity contribution in [3.8, 4) is 0 Å². The highest BCUT2D eigenvalue weighted by Crippen LogP contribution is 2.29. The van der Waals surface area contributed by atoms with Gasteiger partial charge in [-0.15, -0.1) is 0 Å². The minimum absolute atomic E-state index is 0.111. The minimum atomic E-state index is -1.22. The number of methoxy groups -OCH3 is 1. The molecule has 0 aliphatic carbocycles. The molecule has 1 aromatic carbocycles. The second kappa shape index (κ2) is 5.30. The molecule has 3 N–H and O–H groups in total. The number of nitrogens with one attached hydrogen (secondary N) is 2. The van der Waals surface area contributed by atoms with Gasteiger partial charge in [-0.2, -0.15) is 0 Å². The summed E-state index contributed by atoms with van der Waals surface area (Å²) in [6, 6.07) is 5.25. The fourth-order valence-corrected chi connectivity index (χ4v) is 2.17. The Bertz CT molecular complexity index is 554. The van der Waals surface area contributed by atoms with E-state index in [4.69, 9.17) is 9.84 Å². The Morgan fingerprint density at radius 3 is 2.40 bits per heavy atom. The van der Waals surface area contributed by atoms with Gasteiger partial charge < -0.3 is 15.2 Å². The minimum Gasteiger partial charge on any atom is -0.478 e. The van der Waals surface area contributed by atoms with Crippen LogP contribution in [0.1, 0.15) is 22.3 Å². The lowest BCUT2D eigenvalue weighted by molar-refractivity contribution is -0.125. The molecule has 7 heteroatoms. The SMILES string of the molecule is COCCC1(c2ccc(C(=O)O)cc2)NC(=O)NC1=O. The number of carbonyl (C=O) groups is 3. The summed E-state index contributed by atoms with van der Waals surface area (Å²) in [5.41, 5.74) is -0.590. The maximum Gasteiger partial charge on any atom is 0.335 e. The molecule has 0 bridgehead atoms. The standard InChI is InChI=1S/C13H14N2O5/c1-20-7-6-13(11(18)14-12(19)15-13)9-4-2-8(3-5-9)10(16)17/h2-5H,6-7H2,1H3,(H,16,17)(H2,14,15,18,19). The predicted molar refractivity (Wildman–Crippen MR) is 68.2 cm³/mol. The van der Waals surface area contributed by atoms with Gasteiger partial charge in [0.25, 0.3) is 5.91 Å². The van der Waals surface area contributed by atoms with Crippen LogP contribution < -0.4 is 10.6 Å². The van der Waals surface area contributed by atoms with Gasteiger partial charge in [-0.1, -0.05) is 12.1 Å². The van der Waals surface area contributed by atoms with E-state index >= 15 is 0 Å². The van der Waals surface area contributed by atoms with E-state index in [1.807, 2.05) is 0 Å². The molecule has 0 saturated carbocycles. The molecule has 1 fully saturated rings. The first-order valence-corrected chi connectivity index (χ1v) is 5.96. The fourth-order valence-electron chi connectivity index (χ4n) is 2.17. The van der Waals surface area contributed by atoms with Crippen molar-refractivity contribution in [2.75, 3.05) is 13.7 Å². The van der Waals surface area contributed by atoms with Gasteiger partial charge in [0.15, 0.2) is 0 Å². The normalized spacial score (nSPS) is 21.4. The third-order valence-corrected chi connectivity index (χ3v) is 3.25. The smallest absolute Gasteiger partial charge is 0.335 e. The number of aromatic carboxylic acids is 1. The first-order chi connectivity index (χ1) is 9.49. The number of hydrogen-bond donors (Lipinski definition) is 3. The number of ether oxygens (including phenoxy) is 1. The lowest BCUT2D eigenvalue weighted by Crippen LogP contribution is -2.44. The quantitative estimate of drug-likeness (QED) is 0.678. The number of hydrogen-bond acceptors (Lipinski definition) is 4. The molecule has 1 saturated heterocycles. The summed E-state index contributed by atoms with van der Waals surface area (Å²) in [5.74, 6) is -1.52. The summed E-state index contributed by atoms with van der Waals surface area (Å²) in [6.07, 6.45) is 0.257. The van der Waals surface area contributed by atoms with Crippen LogP contribution in [-0.4, -0.2) is 36.7 Å². The van der Waals surface area contributed by atoms with Crippen molar-refractivity contribution in [3.63, 3.8) is 0 Å². The van der Waals surface area contributed by atoms with Gasteiger partial charge in [0, 0.05) is 20.1 Å². The van der Waals surface area contributed by atoms with Gasteiger partial charge in [0.2, 0.25) is 0 Å². The summed E-state index contributed by atoms with van der Waals surface area (Å²) in [4.78, 5) is 34.3. The average Bonchev–Trinajstić information content (AvgIpc) is 2.72. The molecule has 1 unspecified atom stereocenters. The van der Waals surface area contributed by atoms with Crippen molar-refractivity contribution < 1.29 is 24.2 Å². The number of imide groups is 1. The van der Waals surface area contributed by atoms with Crippen LogP contribution in [0, 0.1) is 0 Å². The Hall–Kier alpha value is -2.41. The van der Waals surface area contributed by atoms with Crippen molar-refractivity contribution in [1.29, 1.82) is 0 Å². The van der Waals surface area contributed by atoms with Crippen molar-refractivity contribution in [3.05, 3.63) is 35.4 Å². The topological polar surface area (TPSA) is 105 Å². The Labute approximate surface area is 114 Å². The number of benzene rings is 1. The zero-order valence-corrected chi connectivity index (χ0v) is 10.8. The summed E-state index contributed by atoms with van der Waals surface area (Å²) < 4.78 is 4.97. The van der Waals surface area contributed by atoms with Crippen molar-refractivity contribution in [2.45, 2.75) is 12.0 Å². The van der Waals surface area contributed by atoms with Crippen LogP contribution in [0.15, 0.2) is 24.3 Å². The summed E-state index contributed by atoms with van der Waals surface area (Å²) >= 11 is 0. The molecule has 3 amide bonds.